The minimum absolute atomic E-state index is 0.708. The molecule has 0 aliphatic rings. The molecule has 0 heterocycles. The summed E-state index contributed by atoms with van der Waals surface area (Å²) in [6.07, 6.45) is 1.53. The van der Waals surface area contributed by atoms with Crippen LogP contribution >= 0.6 is 0 Å². The first-order valence-corrected chi connectivity index (χ1v) is 3.40. The van der Waals surface area contributed by atoms with E-state index in [1.165, 1.54) is 6.08 Å². The number of rotatable bonds is 1. The summed E-state index contributed by atoms with van der Waals surface area (Å²) in [6.45, 7) is 3.92. The Hall–Kier alpha value is -1.40. The number of aryl methyl sites for hydroxylation is 1. The first-order chi connectivity index (χ1) is 5.25. The van der Waals surface area contributed by atoms with Gasteiger partial charge in [-0.3, -0.25) is 0 Å². The first kappa shape index (κ1) is 7.70. The van der Waals surface area contributed by atoms with Gasteiger partial charge in [-0.1, -0.05) is 12.1 Å². The number of aliphatic imine (C=N–C) groups is 1. The summed E-state index contributed by atoms with van der Waals surface area (Å²) in [7, 11) is 0. The van der Waals surface area contributed by atoms with Crippen molar-refractivity contribution < 1.29 is 4.79 Å². The minimum Gasteiger partial charge on any atom is -0.154 e. The van der Waals surface area contributed by atoms with Crippen LogP contribution in [0, 0.1) is 13.8 Å². The van der Waals surface area contributed by atoms with E-state index in [2.05, 4.69) is 4.99 Å². The van der Waals surface area contributed by atoms with Gasteiger partial charge in [0.25, 0.3) is 5.69 Å². The lowest BCUT2D eigenvalue weighted by Crippen LogP contribution is -1.86. The molecule has 0 fully saturated rings. The molecule has 2 heteroatoms. The molecule has 1 aromatic carbocycles. The summed E-state index contributed by atoms with van der Waals surface area (Å²) in [6, 6.07) is 5.66. The van der Waals surface area contributed by atoms with Crippen LogP contribution in [0.25, 0.3) is 0 Å². The number of nitrogens with zero attached hydrogens (tertiary/aromatic N) is 1. The van der Waals surface area contributed by atoms with Gasteiger partial charge >= 0.3 is 6.08 Å². The first-order valence-electron chi connectivity index (χ1n) is 3.40. The largest absolute Gasteiger partial charge is 0.504 e. The van der Waals surface area contributed by atoms with Crippen molar-refractivity contribution in [2.75, 3.05) is 0 Å². The van der Waals surface area contributed by atoms with E-state index in [1.807, 2.05) is 26.0 Å². The molecule has 0 unspecified atom stereocenters. The normalized spacial score (nSPS) is 8.91. The Balaban J connectivity index is 3.26. The molecule has 0 aliphatic carbocycles. The van der Waals surface area contributed by atoms with Gasteiger partial charge in [0.15, 0.2) is 4.99 Å². The maximum absolute atomic E-state index is 9.95. The van der Waals surface area contributed by atoms with Crippen LogP contribution in [0.3, 0.4) is 0 Å². The third kappa shape index (κ3) is 1.54. The van der Waals surface area contributed by atoms with E-state index < -0.39 is 0 Å². The smallest absolute Gasteiger partial charge is 0.154 e. The number of benzene rings is 1. The molecule has 0 saturated heterocycles. The molecule has 2 nitrogen and oxygen atoms in total. The maximum Gasteiger partial charge on any atom is 0.504 e. The number of isocyanates is 1. The van der Waals surface area contributed by atoms with Gasteiger partial charge in [-0.25, -0.2) is 0 Å². The summed E-state index contributed by atoms with van der Waals surface area (Å²) in [5.41, 5.74) is 2.89. The summed E-state index contributed by atoms with van der Waals surface area (Å²) < 4.78 is 0. The molecule has 55 valence electrons. The second kappa shape index (κ2) is 3.13. The van der Waals surface area contributed by atoms with Crippen LogP contribution in [0.5, 0.6) is 0 Å². The van der Waals surface area contributed by atoms with Gasteiger partial charge in [0.05, 0.1) is 0 Å². The highest BCUT2D eigenvalue weighted by Crippen LogP contribution is 2.15. The molecule has 0 aromatic heterocycles. The van der Waals surface area contributed by atoms with Crippen molar-refractivity contribution in [1.82, 2.24) is 4.99 Å². The van der Waals surface area contributed by atoms with E-state index in [1.54, 1.807) is 6.07 Å². The molecule has 0 atom stereocenters. The Morgan fingerprint density at radius 1 is 1.36 bits per heavy atom. The van der Waals surface area contributed by atoms with Gasteiger partial charge < -0.3 is 0 Å². The van der Waals surface area contributed by atoms with E-state index in [0.29, 0.717) is 5.69 Å². The Kier molecular flexibility index (Phi) is 2.19. The molecule has 0 aliphatic heterocycles. The third-order valence-electron chi connectivity index (χ3n) is 1.74. The van der Waals surface area contributed by atoms with Crippen molar-refractivity contribution in [3.05, 3.63) is 29.3 Å². The monoisotopic (exact) mass is 147 g/mol. The zero-order chi connectivity index (χ0) is 8.27. The Labute approximate surface area is 65.6 Å². The molecule has 1 aromatic rings. The van der Waals surface area contributed by atoms with E-state index in [-0.39, 0.29) is 0 Å². The van der Waals surface area contributed by atoms with E-state index in [4.69, 9.17) is 0 Å². The molecule has 0 spiro atoms. The lowest BCUT2D eigenvalue weighted by Gasteiger charge is -1.92. The fourth-order valence-corrected chi connectivity index (χ4v) is 0.906. The SMILES string of the molecule is Cc1cccc([N+]=C=O)c1C. The summed E-state index contributed by atoms with van der Waals surface area (Å²) >= 11 is 0. The summed E-state index contributed by atoms with van der Waals surface area (Å²) in [5, 5.41) is 0. The second-order valence-electron chi connectivity index (χ2n) is 2.42. The molecular formula is C9H9NO+. The quantitative estimate of drug-likeness (QED) is 0.438. The Morgan fingerprint density at radius 3 is 2.73 bits per heavy atom. The molecule has 1 rings (SSSR count). The van der Waals surface area contributed by atoms with Gasteiger partial charge in [-0.05, 0) is 19.4 Å². The van der Waals surface area contributed by atoms with Gasteiger partial charge in [0.2, 0.25) is 0 Å². The third-order valence-corrected chi connectivity index (χ3v) is 1.74. The lowest BCUT2D eigenvalue weighted by atomic mass is 10.1. The lowest BCUT2D eigenvalue weighted by molar-refractivity contribution is 0.563. The van der Waals surface area contributed by atoms with Crippen molar-refractivity contribution in [1.29, 1.82) is 0 Å². The van der Waals surface area contributed by atoms with Gasteiger partial charge in [-0.15, -0.1) is 0 Å². The van der Waals surface area contributed by atoms with E-state index in [0.717, 1.165) is 11.1 Å². The maximum atomic E-state index is 9.95. The number of carbonyl (C=O) groups excluding carboxylic acids is 1. The Morgan fingerprint density at radius 2 is 2.09 bits per heavy atom. The second-order valence-corrected chi connectivity index (χ2v) is 2.42. The Bertz CT molecular complexity index is 311. The summed E-state index contributed by atoms with van der Waals surface area (Å²) in [5.74, 6) is 0. The van der Waals surface area contributed by atoms with Crippen molar-refractivity contribution >= 4 is 11.8 Å². The van der Waals surface area contributed by atoms with Crippen molar-refractivity contribution in [3.8, 4) is 0 Å². The molecule has 0 bridgehead atoms. The van der Waals surface area contributed by atoms with Crippen LogP contribution in [-0.2, 0) is 4.79 Å². The van der Waals surface area contributed by atoms with Crippen LogP contribution in [0.4, 0.5) is 5.69 Å². The predicted molar refractivity (Wildman–Crippen MR) is 43.4 cm³/mol. The standard InChI is InChI=1S/C9H9NO/c1-7-4-3-5-9(8(7)2)10-6-11/h3-5H,1-2H3/q+1. The predicted octanol–water partition coefficient (Wildman–Crippen LogP) is 1.61. The van der Waals surface area contributed by atoms with Crippen LogP contribution in [0.1, 0.15) is 11.1 Å². The topological polar surface area (TPSA) is 31.2 Å². The fourth-order valence-electron chi connectivity index (χ4n) is 0.906. The molecule has 0 N–H and O–H groups in total. The van der Waals surface area contributed by atoms with Crippen molar-refractivity contribution in [2.24, 2.45) is 0 Å². The molecule has 1 radical (unpaired) electrons. The van der Waals surface area contributed by atoms with Crippen LogP contribution in [0.2, 0.25) is 0 Å². The van der Waals surface area contributed by atoms with Crippen LogP contribution in [-0.4, -0.2) is 6.08 Å². The van der Waals surface area contributed by atoms with Crippen molar-refractivity contribution in [2.45, 2.75) is 13.8 Å². The highest BCUT2D eigenvalue weighted by atomic mass is 16.1. The van der Waals surface area contributed by atoms with E-state index >= 15 is 0 Å². The fraction of sp³-hybridized carbons (Fsp3) is 0.222. The van der Waals surface area contributed by atoms with Gasteiger partial charge in [-0.2, -0.15) is 4.79 Å². The van der Waals surface area contributed by atoms with Gasteiger partial charge in [0, 0.05) is 11.6 Å². The minimum atomic E-state index is 0.708. The molecule has 0 amide bonds. The highest BCUT2D eigenvalue weighted by molar-refractivity contribution is 5.53. The summed E-state index contributed by atoms with van der Waals surface area (Å²) in [4.78, 5) is 13.5. The zero-order valence-electron chi connectivity index (χ0n) is 6.59. The molecular weight excluding hydrogens is 138 g/mol. The number of hydrogen-bond acceptors (Lipinski definition) is 2. The van der Waals surface area contributed by atoms with Crippen LogP contribution in [0.15, 0.2) is 18.2 Å². The zero-order valence-corrected chi connectivity index (χ0v) is 6.59. The highest BCUT2D eigenvalue weighted by Gasteiger charge is 2.07. The average Bonchev–Trinajstić information content (AvgIpc) is 1.99. The average molecular weight is 147 g/mol. The molecule has 0 saturated carbocycles. The van der Waals surface area contributed by atoms with Crippen molar-refractivity contribution in [3.63, 3.8) is 0 Å². The van der Waals surface area contributed by atoms with Gasteiger partial charge in [0.1, 0.15) is 0 Å². The molecule has 11 heavy (non-hydrogen) atoms. The van der Waals surface area contributed by atoms with E-state index in [9.17, 15) is 4.79 Å². The number of hydrogen-bond donors (Lipinski definition) is 0. The van der Waals surface area contributed by atoms with Crippen LogP contribution < -0.4 is 4.99 Å².